The summed E-state index contributed by atoms with van der Waals surface area (Å²) in [7, 11) is 0. The number of amides is 2. The molecule has 1 aromatic carbocycles. The summed E-state index contributed by atoms with van der Waals surface area (Å²) < 4.78 is 8.09. The van der Waals surface area contributed by atoms with E-state index in [-0.39, 0.29) is 18.0 Å². The van der Waals surface area contributed by atoms with Crippen molar-refractivity contribution < 1.29 is 9.53 Å². The van der Waals surface area contributed by atoms with E-state index in [1.54, 1.807) is 0 Å². The number of aryl methyl sites for hydroxylation is 1. The maximum Gasteiger partial charge on any atom is 0.322 e. The van der Waals surface area contributed by atoms with Crippen LogP contribution in [0.5, 0.6) is 5.75 Å². The Kier molecular flexibility index (Phi) is 5.72. The first-order chi connectivity index (χ1) is 15.6. The van der Waals surface area contributed by atoms with E-state index in [1.165, 1.54) is 39.5 Å². The zero-order valence-electron chi connectivity index (χ0n) is 19.1. The fraction of sp³-hybridized carbons (Fsp3) is 0.423. The number of rotatable bonds is 4. The van der Waals surface area contributed by atoms with Crippen molar-refractivity contribution in [2.75, 3.05) is 11.9 Å². The molecule has 0 saturated carbocycles. The fourth-order valence-corrected chi connectivity index (χ4v) is 6.56. The molecule has 0 unspecified atom stereocenters. The molecule has 1 aliphatic carbocycles. The Bertz CT molecular complexity index is 1130. The summed E-state index contributed by atoms with van der Waals surface area (Å²) in [6, 6.07) is 11.9. The summed E-state index contributed by atoms with van der Waals surface area (Å²) in [6.45, 7) is 7.55. The Labute approximate surface area is 194 Å². The van der Waals surface area contributed by atoms with Gasteiger partial charge in [0.05, 0.1) is 24.9 Å². The summed E-state index contributed by atoms with van der Waals surface area (Å²) in [6.07, 6.45) is 6.93. The van der Waals surface area contributed by atoms with Crippen LogP contribution >= 0.6 is 11.3 Å². The van der Waals surface area contributed by atoms with Crippen molar-refractivity contribution in [1.82, 2.24) is 9.47 Å². The van der Waals surface area contributed by atoms with Crippen LogP contribution in [-0.4, -0.2) is 22.1 Å². The lowest BCUT2D eigenvalue weighted by Gasteiger charge is -2.33. The summed E-state index contributed by atoms with van der Waals surface area (Å²) in [4.78, 5) is 17.3. The van der Waals surface area contributed by atoms with Crippen molar-refractivity contribution in [3.8, 4) is 10.8 Å². The molecule has 1 aliphatic heterocycles. The van der Waals surface area contributed by atoms with E-state index in [0.717, 1.165) is 12.8 Å². The van der Waals surface area contributed by atoms with Gasteiger partial charge in [0, 0.05) is 22.3 Å². The highest BCUT2D eigenvalue weighted by molar-refractivity contribution is 7.15. The molecule has 0 fully saturated rings. The molecule has 2 amide bonds. The van der Waals surface area contributed by atoms with Crippen LogP contribution in [0, 0.1) is 5.92 Å². The first-order valence-corrected chi connectivity index (χ1v) is 12.5. The van der Waals surface area contributed by atoms with E-state index >= 15 is 0 Å². The van der Waals surface area contributed by atoms with Gasteiger partial charge in [0.25, 0.3) is 0 Å². The quantitative estimate of drug-likeness (QED) is 0.490. The monoisotopic (exact) mass is 449 g/mol. The Morgan fingerprint density at radius 1 is 1.16 bits per heavy atom. The average molecular weight is 450 g/mol. The van der Waals surface area contributed by atoms with Crippen LogP contribution in [0.4, 0.5) is 10.5 Å². The first kappa shape index (κ1) is 21.1. The van der Waals surface area contributed by atoms with Gasteiger partial charge in [-0.3, -0.25) is 0 Å². The van der Waals surface area contributed by atoms with Crippen LogP contribution in [0.15, 0.2) is 42.6 Å². The third kappa shape index (κ3) is 3.60. The molecular weight excluding hydrogens is 418 g/mol. The minimum absolute atomic E-state index is 0.0110. The van der Waals surface area contributed by atoms with Crippen LogP contribution in [-0.2, 0) is 19.4 Å². The van der Waals surface area contributed by atoms with Gasteiger partial charge in [-0.1, -0.05) is 26.0 Å². The lowest BCUT2D eigenvalue weighted by molar-refractivity contribution is 0.161. The van der Waals surface area contributed by atoms with Crippen LogP contribution in [0.1, 0.15) is 61.4 Å². The fourth-order valence-electron chi connectivity index (χ4n) is 5.16. The van der Waals surface area contributed by atoms with Crippen molar-refractivity contribution in [2.45, 2.75) is 59.0 Å². The van der Waals surface area contributed by atoms with Gasteiger partial charge >= 0.3 is 6.03 Å². The summed E-state index contributed by atoms with van der Waals surface area (Å²) in [5, 5.41) is 4.46. The van der Waals surface area contributed by atoms with E-state index < -0.39 is 0 Å². The highest BCUT2D eigenvalue weighted by Crippen LogP contribution is 2.44. The number of nitrogens with one attached hydrogen (secondary N) is 1. The van der Waals surface area contributed by atoms with Gasteiger partial charge in [0.2, 0.25) is 0 Å². The van der Waals surface area contributed by atoms with Gasteiger partial charge in [0.15, 0.2) is 0 Å². The number of para-hydroxylation sites is 2. The third-order valence-electron chi connectivity index (χ3n) is 6.55. The van der Waals surface area contributed by atoms with Crippen molar-refractivity contribution >= 4 is 23.1 Å². The van der Waals surface area contributed by atoms with E-state index in [9.17, 15) is 4.79 Å². The lowest BCUT2D eigenvalue weighted by atomic mass is 9.94. The van der Waals surface area contributed by atoms with Crippen LogP contribution in [0.25, 0.3) is 5.00 Å². The van der Waals surface area contributed by atoms with Crippen molar-refractivity contribution in [3.05, 3.63) is 64.3 Å². The van der Waals surface area contributed by atoms with E-state index in [2.05, 4.69) is 42.1 Å². The summed E-state index contributed by atoms with van der Waals surface area (Å²) >= 11 is 1.92. The zero-order chi connectivity index (χ0) is 22.2. The number of aromatic nitrogens is 1. The number of nitrogens with zero attached hydrogens (tertiary/aromatic N) is 2. The number of thiophene rings is 1. The van der Waals surface area contributed by atoms with Gasteiger partial charge < -0.3 is 19.5 Å². The third-order valence-corrected chi connectivity index (χ3v) is 7.88. The summed E-state index contributed by atoms with van der Waals surface area (Å²) in [5.41, 5.74) is 4.71. The molecule has 5 nitrogen and oxygen atoms in total. The molecule has 2 aromatic heterocycles. The molecule has 168 valence electrons. The topological polar surface area (TPSA) is 46.5 Å². The van der Waals surface area contributed by atoms with E-state index in [4.69, 9.17) is 4.74 Å². The second-order valence-electron chi connectivity index (χ2n) is 8.97. The van der Waals surface area contributed by atoms with Crippen molar-refractivity contribution in [3.63, 3.8) is 0 Å². The molecule has 2 aliphatic rings. The number of fused-ring (bicyclic) bond motifs is 5. The maximum absolute atomic E-state index is 13.8. The molecule has 0 bridgehead atoms. The molecule has 1 N–H and O–H groups in total. The van der Waals surface area contributed by atoms with E-state index in [1.807, 2.05) is 47.4 Å². The molecule has 0 radical (unpaired) electrons. The molecule has 3 heterocycles. The zero-order valence-corrected chi connectivity index (χ0v) is 19.9. The normalized spacial score (nSPS) is 17.4. The Balaban J connectivity index is 1.57. The Morgan fingerprint density at radius 3 is 2.78 bits per heavy atom. The minimum Gasteiger partial charge on any atom is -0.492 e. The van der Waals surface area contributed by atoms with Gasteiger partial charge in [-0.2, -0.15) is 0 Å². The van der Waals surface area contributed by atoms with Crippen LogP contribution in [0.2, 0.25) is 0 Å². The van der Waals surface area contributed by atoms with Crippen LogP contribution < -0.4 is 10.1 Å². The van der Waals surface area contributed by atoms with Gasteiger partial charge in [-0.25, -0.2) is 4.79 Å². The predicted molar refractivity (Wildman–Crippen MR) is 130 cm³/mol. The number of ether oxygens (including phenoxy) is 1. The number of hydrogen-bond acceptors (Lipinski definition) is 3. The largest absolute Gasteiger partial charge is 0.492 e. The predicted octanol–water partition coefficient (Wildman–Crippen LogP) is 6.56. The SMILES string of the molecule is CCOc1ccccc1NC(=O)N1Cc2c(sc3c2CCCC3)-n2cccc2[C@@H]1C(C)C. The molecule has 0 spiro atoms. The average Bonchev–Trinajstić information content (AvgIpc) is 3.36. The van der Waals surface area contributed by atoms with Gasteiger partial charge in [-0.05, 0) is 68.4 Å². The highest BCUT2D eigenvalue weighted by atomic mass is 32.1. The molecule has 1 atom stereocenters. The first-order valence-electron chi connectivity index (χ1n) is 11.7. The second kappa shape index (κ2) is 8.66. The van der Waals surface area contributed by atoms with Crippen LogP contribution in [0.3, 0.4) is 0 Å². The van der Waals surface area contributed by atoms with Crippen molar-refractivity contribution in [2.24, 2.45) is 5.92 Å². The van der Waals surface area contributed by atoms with Gasteiger partial charge in [0.1, 0.15) is 10.8 Å². The van der Waals surface area contributed by atoms with Crippen molar-refractivity contribution in [1.29, 1.82) is 0 Å². The summed E-state index contributed by atoms with van der Waals surface area (Å²) in [5.74, 6) is 0.984. The molecule has 32 heavy (non-hydrogen) atoms. The molecular formula is C26H31N3O2S. The van der Waals surface area contributed by atoms with E-state index in [0.29, 0.717) is 24.6 Å². The number of carbonyl (C=O) groups is 1. The molecule has 0 saturated heterocycles. The number of hydrogen-bond donors (Lipinski definition) is 1. The molecule has 3 aromatic rings. The molecule has 6 heteroatoms. The number of carbonyl (C=O) groups excluding carboxylic acids is 1. The number of urea groups is 1. The lowest BCUT2D eigenvalue weighted by Crippen LogP contribution is -2.39. The smallest absolute Gasteiger partial charge is 0.322 e. The Hall–Kier alpha value is -2.73. The number of benzene rings is 1. The maximum atomic E-state index is 13.8. The standard InChI is InChI=1S/C26H31N3O2S/c1-4-31-22-13-7-6-11-20(22)27-26(30)29-16-19-18-10-5-8-14-23(18)32-25(19)28-15-9-12-21(28)24(29)17(2)3/h6-7,9,11-13,15,17,24H,4-5,8,10,14,16H2,1-3H3,(H,27,30)/t24-/m0/s1. The number of anilines is 1. The second-order valence-corrected chi connectivity index (χ2v) is 10.1. The Morgan fingerprint density at radius 2 is 1.97 bits per heavy atom. The molecule has 5 rings (SSSR count). The highest BCUT2D eigenvalue weighted by Gasteiger charge is 2.36. The minimum atomic E-state index is -0.0767. The van der Waals surface area contributed by atoms with Gasteiger partial charge in [-0.15, -0.1) is 11.3 Å².